The fraction of sp³-hybridized carbons (Fsp3) is 0.643. The highest BCUT2D eigenvalue weighted by atomic mass is 16.5. The molecule has 1 aromatic heterocycles. The summed E-state index contributed by atoms with van der Waals surface area (Å²) >= 11 is 0. The second-order valence-electron chi connectivity index (χ2n) is 4.97. The first-order valence-electron chi connectivity index (χ1n) is 6.49. The van der Waals surface area contributed by atoms with E-state index in [1.165, 1.54) is 24.8 Å². The minimum atomic E-state index is 0.625. The van der Waals surface area contributed by atoms with Crippen LogP contribution in [0.2, 0.25) is 0 Å². The Morgan fingerprint density at radius 2 is 2.24 bits per heavy atom. The van der Waals surface area contributed by atoms with Crippen LogP contribution >= 0.6 is 0 Å². The van der Waals surface area contributed by atoms with Gasteiger partial charge in [-0.25, -0.2) is 0 Å². The van der Waals surface area contributed by atoms with Crippen LogP contribution in [0.4, 0.5) is 0 Å². The van der Waals surface area contributed by atoms with Gasteiger partial charge in [0.1, 0.15) is 0 Å². The van der Waals surface area contributed by atoms with Gasteiger partial charge in [0.25, 0.3) is 0 Å². The Balaban J connectivity index is 1.78. The second-order valence-corrected chi connectivity index (χ2v) is 4.97. The Bertz CT molecular complexity index is 354. The van der Waals surface area contributed by atoms with Gasteiger partial charge in [0.15, 0.2) is 0 Å². The van der Waals surface area contributed by atoms with Crippen molar-refractivity contribution in [2.45, 2.75) is 32.8 Å². The highest BCUT2D eigenvalue weighted by molar-refractivity contribution is 5.16. The molecule has 3 heteroatoms. The zero-order chi connectivity index (χ0) is 12.1. The van der Waals surface area contributed by atoms with Crippen molar-refractivity contribution >= 4 is 0 Å². The molecule has 1 aromatic rings. The summed E-state index contributed by atoms with van der Waals surface area (Å²) in [4.78, 5) is 4.33. The molecule has 2 N–H and O–H groups in total. The van der Waals surface area contributed by atoms with Gasteiger partial charge in [-0.1, -0.05) is 12.5 Å². The minimum absolute atomic E-state index is 0.625. The lowest BCUT2D eigenvalue weighted by Crippen LogP contribution is -2.22. The van der Waals surface area contributed by atoms with Crippen LogP contribution in [0.5, 0.6) is 0 Å². The number of ether oxygens (including phenoxy) is 1. The Morgan fingerprint density at radius 1 is 1.41 bits per heavy atom. The number of aromatic nitrogens is 1. The van der Waals surface area contributed by atoms with Gasteiger partial charge in [-0.2, -0.15) is 0 Å². The smallest absolute Gasteiger partial charge is 0.0890 e. The number of pyridine rings is 1. The molecule has 2 rings (SSSR count). The van der Waals surface area contributed by atoms with Crippen molar-refractivity contribution in [1.29, 1.82) is 0 Å². The van der Waals surface area contributed by atoms with E-state index in [0.717, 1.165) is 18.8 Å². The van der Waals surface area contributed by atoms with E-state index >= 15 is 0 Å². The molecule has 17 heavy (non-hydrogen) atoms. The number of nitrogens with zero attached hydrogens (tertiary/aromatic N) is 1. The highest BCUT2D eigenvalue weighted by Gasteiger charge is 2.25. The minimum Gasteiger partial charge on any atom is -0.375 e. The molecule has 94 valence electrons. The number of hydrogen-bond donors (Lipinski definition) is 1. The predicted octanol–water partition coefficient (Wildman–Crippen LogP) is 2.28. The molecule has 0 amide bonds. The third-order valence-corrected chi connectivity index (χ3v) is 3.81. The van der Waals surface area contributed by atoms with Crippen LogP contribution in [0.1, 0.15) is 30.5 Å². The first-order valence-corrected chi connectivity index (χ1v) is 6.49. The lowest BCUT2D eigenvalue weighted by molar-refractivity contribution is 0.0731. The summed E-state index contributed by atoms with van der Waals surface area (Å²) in [6, 6.07) is 4.03. The molecule has 3 nitrogen and oxygen atoms in total. The van der Waals surface area contributed by atoms with E-state index in [1.807, 2.05) is 12.3 Å². The number of hydrogen-bond acceptors (Lipinski definition) is 3. The molecule has 0 aromatic carbocycles. The zero-order valence-corrected chi connectivity index (χ0v) is 10.6. The maximum absolute atomic E-state index is 5.80. The van der Waals surface area contributed by atoms with Gasteiger partial charge in [0, 0.05) is 6.20 Å². The summed E-state index contributed by atoms with van der Waals surface area (Å²) in [7, 11) is 0. The zero-order valence-electron chi connectivity index (χ0n) is 10.6. The van der Waals surface area contributed by atoms with Crippen LogP contribution in [0.25, 0.3) is 0 Å². The average Bonchev–Trinajstić information content (AvgIpc) is 2.79. The first kappa shape index (κ1) is 12.5. The number of nitrogens with two attached hydrogens (primary N) is 1. The molecule has 1 heterocycles. The van der Waals surface area contributed by atoms with E-state index in [2.05, 4.69) is 18.0 Å². The van der Waals surface area contributed by atoms with Crippen LogP contribution in [0.15, 0.2) is 18.3 Å². The first-order chi connectivity index (χ1) is 8.31. The van der Waals surface area contributed by atoms with Gasteiger partial charge in [-0.3, -0.25) is 4.98 Å². The largest absolute Gasteiger partial charge is 0.375 e. The summed E-state index contributed by atoms with van der Waals surface area (Å²) in [5.41, 5.74) is 8.02. The van der Waals surface area contributed by atoms with Crippen LogP contribution in [-0.2, 0) is 11.3 Å². The molecule has 0 aliphatic heterocycles. The number of rotatable bonds is 5. The van der Waals surface area contributed by atoms with E-state index in [1.54, 1.807) is 0 Å². The molecule has 1 saturated carbocycles. The Hall–Kier alpha value is -0.930. The van der Waals surface area contributed by atoms with Crippen molar-refractivity contribution in [3.8, 4) is 0 Å². The molecule has 0 spiro atoms. The van der Waals surface area contributed by atoms with Gasteiger partial charge in [0.2, 0.25) is 0 Å². The molecule has 0 bridgehead atoms. The topological polar surface area (TPSA) is 48.1 Å². The van der Waals surface area contributed by atoms with Crippen molar-refractivity contribution in [3.63, 3.8) is 0 Å². The van der Waals surface area contributed by atoms with Gasteiger partial charge >= 0.3 is 0 Å². The van der Waals surface area contributed by atoms with Crippen molar-refractivity contribution in [3.05, 3.63) is 29.6 Å². The van der Waals surface area contributed by atoms with E-state index < -0.39 is 0 Å². The Kier molecular flexibility index (Phi) is 4.51. The molecule has 0 radical (unpaired) electrons. The summed E-state index contributed by atoms with van der Waals surface area (Å²) in [5.74, 6) is 1.32. The summed E-state index contributed by atoms with van der Waals surface area (Å²) in [5, 5.41) is 0. The van der Waals surface area contributed by atoms with Gasteiger partial charge in [-0.15, -0.1) is 0 Å². The average molecular weight is 234 g/mol. The summed E-state index contributed by atoms with van der Waals surface area (Å²) in [6.07, 6.45) is 5.67. The third-order valence-electron chi connectivity index (χ3n) is 3.81. The van der Waals surface area contributed by atoms with Crippen molar-refractivity contribution in [2.24, 2.45) is 17.6 Å². The maximum atomic E-state index is 5.80. The third kappa shape index (κ3) is 3.27. The molecular weight excluding hydrogens is 212 g/mol. The summed E-state index contributed by atoms with van der Waals surface area (Å²) < 4.78 is 5.80. The maximum Gasteiger partial charge on any atom is 0.0890 e. The molecule has 1 fully saturated rings. The number of aryl methyl sites for hydroxylation is 1. The lowest BCUT2D eigenvalue weighted by Gasteiger charge is -2.17. The fourth-order valence-electron chi connectivity index (χ4n) is 2.62. The fourth-order valence-corrected chi connectivity index (χ4v) is 2.62. The lowest BCUT2D eigenvalue weighted by atomic mass is 9.97. The van der Waals surface area contributed by atoms with Crippen LogP contribution in [0, 0.1) is 18.8 Å². The molecular formula is C14H22N2O. The normalized spacial score (nSPS) is 24.1. The Labute approximate surface area is 103 Å². The van der Waals surface area contributed by atoms with E-state index in [9.17, 15) is 0 Å². The summed E-state index contributed by atoms with van der Waals surface area (Å²) in [6.45, 7) is 4.33. The molecule has 0 saturated heterocycles. The van der Waals surface area contributed by atoms with Gasteiger partial charge in [-0.05, 0) is 49.8 Å². The molecule has 1 aliphatic carbocycles. The van der Waals surface area contributed by atoms with Gasteiger partial charge in [0.05, 0.1) is 18.9 Å². The SMILES string of the molecule is Cc1cccnc1COCC1CCCC1CN. The van der Waals surface area contributed by atoms with Crippen LogP contribution in [0.3, 0.4) is 0 Å². The Morgan fingerprint density at radius 3 is 3.00 bits per heavy atom. The van der Waals surface area contributed by atoms with E-state index in [-0.39, 0.29) is 0 Å². The monoisotopic (exact) mass is 234 g/mol. The predicted molar refractivity (Wildman–Crippen MR) is 68.5 cm³/mol. The van der Waals surface area contributed by atoms with E-state index in [4.69, 9.17) is 10.5 Å². The van der Waals surface area contributed by atoms with Gasteiger partial charge < -0.3 is 10.5 Å². The standard InChI is InChI=1S/C14H22N2O/c1-11-4-3-7-16-14(11)10-17-9-13-6-2-5-12(13)8-15/h3-4,7,12-13H,2,5-6,8-10,15H2,1H3. The van der Waals surface area contributed by atoms with Crippen molar-refractivity contribution in [2.75, 3.05) is 13.2 Å². The highest BCUT2D eigenvalue weighted by Crippen LogP contribution is 2.31. The molecule has 2 unspecified atom stereocenters. The van der Waals surface area contributed by atoms with Crippen molar-refractivity contribution in [1.82, 2.24) is 4.98 Å². The van der Waals surface area contributed by atoms with Crippen molar-refractivity contribution < 1.29 is 4.74 Å². The van der Waals surface area contributed by atoms with Crippen LogP contribution in [-0.4, -0.2) is 18.1 Å². The van der Waals surface area contributed by atoms with Crippen LogP contribution < -0.4 is 5.73 Å². The quantitative estimate of drug-likeness (QED) is 0.850. The van der Waals surface area contributed by atoms with E-state index in [0.29, 0.717) is 18.4 Å². The molecule has 2 atom stereocenters. The molecule has 1 aliphatic rings. The second kappa shape index (κ2) is 6.12.